The van der Waals surface area contributed by atoms with Crippen LogP contribution in [0.2, 0.25) is 5.02 Å². The highest BCUT2D eigenvalue weighted by atomic mass is 35.5. The molecule has 0 aliphatic carbocycles. The summed E-state index contributed by atoms with van der Waals surface area (Å²) in [4.78, 5) is 2.62. The van der Waals surface area contributed by atoms with Crippen molar-refractivity contribution < 1.29 is 13.2 Å². The Morgan fingerprint density at radius 1 is 1.03 bits per heavy atom. The molecule has 30 heavy (non-hydrogen) atoms. The number of hydrogen-bond donors (Lipinski definition) is 0. The fourth-order valence-corrected chi connectivity index (χ4v) is 5.91. The molecule has 0 radical (unpaired) electrons. The Morgan fingerprint density at radius 3 is 2.33 bits per heavy atom. The Kier molecular flexibility index (Phi) is 5.88. The van der Waals surface area contributed by atoms with E-state index < -0.39 is 10.0 Å². The Balaban J connectivity index is 1.46. The van der Waals surface area contributed by atoms with Gasteiger partial charge in [-0.25, -0.2) is 8.42 Å². The summed E-state index contributed by atoms with van der Waals surface area (Å²) >= 11 is 6.12. The first-order valence-electron chi connectivity index (χ1n) is 10.4. The second kappa shape index (κ2) is 8.15. The summed E-state index contributed by atoms with van der Waals surface area (Å²) in [5.74, 6) is 0. The minimum atomic E-state index is -3.48. The van der Waals surface area contributed by atoms with Crippen molar-refractivity contribution in [3.8, 4) is 0 Å². The van der Waals surface area contributed by atoms with Crippen molar-refractivity contribution in [2.75, 3.05) is 24.7 Å². The highest BCUT2D eigenvalue weighted by molar-refractivity contribution is 7.89. The summed E-state index contributed by atoms with van der Waals surface area (Å²) in [7, 11) is -3.48. The molecule has 0 aromatic heterocycles. The third kappa shape index (κ3) is 4.24. The van der Waals surface area contributed by atoms with Gasteiger partial charge in [0.15, 0.2) is 0 Å². The quantitative estimate of drug-likeness (QED) is 0.677. The van der Waals surface area contributed by atoms with Crippen molar-refractivity contribution in [3.05, 3.63) is 58.6 Å². The Bertz CT molecular complexity index is 1010. The largest absolute Gasteiger partial charge is 0.356 e. The lowest BCUT2D eigenvalue weighted by Crippen LogP contribution is -2.48. The number of fused-ring (bicyclic) bond motifs is 1. The van der Waals surface area contributed by atoms with Crippen LogP contribution in [-0.4, -0.2) is 38.6 Å². The van der Waals surface area contributed by atoms with E-state index >= 15 is 0 Å². The highest BCUT2D eigenvalue weighted by Gasteiger charge is 2.33. The number of anilines is 1. The summed E-state index contributed by atoms with van der Waals surface area (Å²) in [6.45, 7) is 8.47. The van der Waals surface area contributed by atoms with Crippen molar-refractivity contribution in [2.24, 2.45) is 0 Å². The molecule has 0 N–H and O–H groups in total. The van der Waals surface area contributed by atoms with Gasteiger partial charge in [-0.05, 0) is 54.2 Å². The molecule has 1 fully saturated rings. The first kappa shape index (κ1) is 21.6. The molecule has 162 valence electrons. The standard InChI is InChI=1S/C23H29ClN2O3S/c1-23(2,3)18-4-7-21(8-5-18)30(27,28)25-12-10-20(11-13-25)26-16-29-15-17-14-19(24)6-9-22(17)26/h4-9,14,20H,10-13,15-16H2,1-3H3. The molecule has 2 aliphatic rings. The van der Waals surface area contributed by atoms with Crippen molar-refractivity contribution in [2.45, 2.75) is 56.6 Å². The molecule has 2 aromatic carbocycles. The third-order valence-electron chi connectivity index (χ3n) is 6.06. The van der Waals surface area contributed by atoms with Crippen LogP contribution in [0.1, 0.15) is 44.7 Å². The molecule has 4 rings (SSSR count). The van der Waals surface area contributed by atoms with Gasteiger partial charge >= 0.3 is 0 Å². The van der Waals surface area contributed by atoms with E-state index in [-0.39, 0.29) is 11.5 Å². The molecular weight excluding hydrogens is 420 g/mol. The molecule has 0 bridgehead atoms. The van der Waals surface area contributed by atoms with E-state index in [2.05, 4.69) is 25.7 Å². The predicted molar refractivity (Wildman–Crippen MR) is 121 cm³/mol. The number of nitrogens with zero attached hydrogens (tertiary/aromatic N) is 2. The molecule has 2 aliphatic heterocycles. The summed E-state index contributed by atoms with van der Waals surface area (Å²) in [5, 5.41) is 0.706. The molecule has 0 unspecified atom stereocenters. The van der Waals surface area contributed by atoms with Crippen molar-refractivity contribution in [1.82, 2.24) is 4.31 Å². The summed E-state index contributed by atoms with van der Waals surface area (Å²) < 4.78 is 33.6. The average molecular weight is 449 g/mol. The molecule has 0 amide bonds. The lowest BCUT2D eigenvalue weighted by molar-refractivity contribution is 0.0988. The maximum atomic E-state index is 13.1. The topological polar surface area (TPSA) is 49.9 Å². The Morgan fingerprint density at radius 2 is 1.70 bits per heavy atom. The fourth-order valence-electron chi connectivity index (χ4n) is 4.25. The zero-order valence-corrected chi connectivity index (χ0v) is 19.3. The second-order valence-corrected chi connectivity index (χ2v) is 11.5. The van der Waals surface area contributed by atoms with Crippen LogP contribution in [-0.2, 0) is 26.8 Å². The summed E-state index contributed by atoms with van der Waals surface area (Å²) in [5.41, 5.74) is 3.36. The average Bonchev–Trinajstić information content (AvgIpc) is 2.72. The van der Waals surface area contributed by atoms with Gasteiger partial charge in [0.05, 0.1) is 11.5 Å². The molecule has 0 spiro atoms. The minimum absolute atomic E-state index is 0.00231. The SMILES string of the molecule is CC(C)(C)c1ccc(S(=O)(=O)N2CCC(N3COCc4cc(Cl)ccc43)CC2)cc1. The smallest absolute Gasteiger partial charge is 0.243 e. The van der Waals surface area contributed by atoms with Crippen LogP contribution in [0, 0.1) is 0 Å². The lowest BCUT2D eigenvalue weighted by Gasteiger charge is -2.41. The number of sulfonamides is 1. The van der Waals surface area contributed by atoms with Crippen molar-refractivity contribution in [1.29, 1.82) is 0 Å². The third-order valence-corrected chi connectivity index (χ3v) is 8.21. The van der Waals surface area contributed by atoms with Crippen LogP contribution in [0.3, 0.4) is 0 Å². The number of piperidine rings is 1. The van der Waals surface area contributed by atoms with Gasteiger partial charge in [0, 0.05) is 35.4 Å². The number of halogens is 1. The minimum Gasteiger partial charge on any atom is -0.356 e. The van der Waals surface area contributed by atoms with Gasteiger partial charge in [-0.3, -0.25) is 0 Å². The molecule has 2 aromatic rings. The predicted octanol–water partition coefficient (Wildman–Crippen LogP) is 4.78. The van der Waals surface area contributed by atoms with Crippen LogP contribution in [0.4, 0.5) is 5.69 Å². The van der Waals surface area contributed by atoms with E-state index in [1.165, 1.54) is 0 Å². The van der Waals surface area contributed by atoms with Crippen LogP contribution >= 0.6 is 11.6 Å². The molecule has 7 heteroatoms. The fraction of sp³-hybridized carbons (Fsp3) is 0.478. The van der Waals surface area contributed by atoms with Gasteiger partial charge in [0.2, 0.25) is 10.0 Å². The lowest BCUT2D eigenvalue weighted by atomic mass is 9.87. The van der Waals surface area contributed by atoms with Crippen molar-refractivity contribution >= 4 is 27.3 Å². The molecule has 2 heterocycles. The normalized spacial score (nSPS) is 19.0. The zero-order chi connectivity index (χ0) is 21.5. The highest BCUT2D eigenvalue weighted by Crippen LogP contribution is 2.33. The Hall–Kier alpha value is -1.60. The van der Waals surface area contributed by atoms with E-state index in [0.29, 0.717) is 36.3 Å². The van der Waals surface area contributed by atoms with Crippen molar-refractivity contribution in [3.63, 3.8) is 0 Å². The van der Waals surface area contributed by atoms with Gasteiger partial charge < -0.3 is 9.64 Å². The van der Waals surface area contributed by atoms with E-state index in [1.807, 2.05) is 30.3 Å². The van der Waals surface area contributed by atoms with Crippen LogP contribution in [0.5, 0.6) is 0 Å². The summed E-state index contributed by atoms with van der Waals surface area (Å²) in [6, 6.07) is 13.5. The monoisotopic (exact) mass is 448 g/mol. The van der Waals surface area contributed by atoms with E-state index in [4.69, 9.17) is 16.3 Å². The van der Waals surface area contributed by atoms with E-state index in [0.717, 1.165) is 29.7 Å². The van der Waals surface area contributed by atoms with Crippen LogP contribution in [0.25, 0.3) is 0 Å². The van der Waals surface area contributed by atoms with Gasteiger partial charge in [-0.15, -0.1) is 0 Å². The molecule has 0 saturated carbocycles. The number of benzene rings is 2. The van der Waals surface area contributed by atoms with E-state index in [1.54, 1.807) is 16.4 Å². The molecule has 0 atom stereocenters. The number of ether oxygens (including phenoxy) is 1. The zero-order valence-electron chi connectivity index (χ0n) is 17.8. The van der Waals surface area contributed by atoms with E-state index in [9.17, 15) is 8.42 Å². The Labute approximate surface area is 184 Å². The molecule has 1 saturated heterocycles. The van der Waals surface area contributed by atoms with Crippen LogP contribution < -0.4 is 4.90 Å². The maximum Gasteiger partial charge on any atom is 0.243 e. The number of rotatable bonds is 3. The molecule has 5 nitrogen and oxygen atoms in total. The van der Waals surface area contributed by atoms with Gasteiger partial charge in [0.25, 0.3) is 0 Å². The maximum absolute atomic E-state index is 13.1. The van der Waals surface area contributed by atoms with Gasteiger partial charge in [0.1, 0.15) is 6.73 Å². The van der Waals surface area contributed by atoms with Gasteiger partial charge in [-0.2, -0.15) is 4.31 Å². The van der Waals surface area contributed by atoms with Gasteiger partial charge in [-0.1, -0.05) is 44.5 Å². The first-order chi connectivity index (χ1) is 14.2. The van der Waals surface area contributed by atoms with Crippen LogP contribution in [0.15, 0.2) is 47.4 Å². The molecular formula is C23H29ClN2O3S. The first-order valence-corrected chi connectivity index (χ1v) is 12.2. The number of hydrogen-bond acceptors (Lipinski definition) is 4. The second-order valence-electron chi connectivity index (χ2n) is 9.13. The summed E-state index contributed by atoms with van der Waals surface area (Å²) in [6.07, 6.45) is 1.54.